The number of aromatic nitrogens is 2. The molecule has 184 valence electrons. The molecule has 4 aromatic heterocycles. The number of nitrogens with zero attached hydrogens (tertiary/aromatic N) is 2. The number of furan rings is 1. The Morgan fingerprint density at radius 2 is 1.30 bits per heavy atom. The molecule has 0 spiro atoms. The Bertz CT molecular complexity index is 2650. The predicted molar refractivity (Wildman–Crippen MR) is 167 cm³/mol. The summed E-state index contributed by atoms with van der Waals surface area (Å²) in [5, 5.41) is 10.9. The molecule has 40 heavy (non-hydrogen) atoms. The first-order valence-corrected chi connectivity index (χ1v) is 13.6. The van der Waals surface area contributed by atoms with Gasteiger partial charge in [-0.1, -0.05) is 84.9 Å². The van der Waals surface area contributed by atoms with Gasteiger partial charge in [-0.2, -0.15) is 0 Å². The summed E-state index contributed by atoms with van der Waals surface area (Å²) >= 11 is 0. The van der Waals surface area contributed by atoms with Crippen LogP contribution in [0, 0.1) is 0 Å². The summed E-state index contributed by atoms with van der Waals surface area (Å²) in [4.78, 5) is 5.17. The van der Waals surface area contributed by atoms with E-state index in [4.69, 9.17) is 9.40 Å². The lowest BCUT2D eigenvalue weighted by atomic mass is 9.96. The van der Waals surface area contributed by atoms with Crippen LogP contribution in [0.1, 0.15) is 0 Å². The molecule has 10 rings (SSSR count). The van der Waals surface area contributed by atoms with Crippen molar-refractivity contribution in [3.63, 3.8) is 0 Å². The lowest BCUT2D eigenvalue weighted by Crippen LogP contribution is -1.86. The Morgan fingerprint density at radius 3 is 2.27 bits per heavy atom. The van der Waals surface area contributed by atoms with E-state index in [1.807, 2.05) is 0 Å². The fraction of sp³-hybridized carbons (Fsp3) is 0. The molecule has 0 aliphatic rings. The smallest absolute Gasteiger partial charge is 0.146 e. The van der Waals surface area contributed by atoms with Crippen LogP contribution >= 0.6 is 0 Å². The average molecular weight is 509 g/mol. The van der Waals surface area contributed by atoms with Crippen molar-refractivity contribution < 1.29 is 4.42 Å². The quantitative estimate of drug-likeness (QED) is 0.221. The van der Waals surface area contributed by atoms with Crippen LogP contribution in [-0.4, -0.2) is 9.38 Å². The van der Waals surface area contributed by atoms with Gasteiger partial charge in [-0.3, -0.25) is 4.40 Å². The van der Waals surface area contributed by atoms with Crippen LogP contribution in [0.4, 0.5) is 0 Å². The molecule has 0 bridgehead atoms. The molecular formula is C37H20N2O. The van der Waals surface area contributed by atoms with Gasteiger partial charge >= 0.3 is 0 Å². The van der Waals surface area contributed by atoms with Crippen molar-refractivity contribution in [3.05, 3.63) is 121 Å². The molecule has 0 unspecified atom stereocenters. The maximum Gasteiger partial charge on any atom is 0.146 e. The highest BCUT2D eigenvalue weighted by atomic mass is 16.3. The maximum atomic E-state index is 6.45. The first-order chi connectivity index (χ1) is 19.8. The first-order valence-electron chi connectivity index (χ1n) is 13.6. The van der Waals surface area contributed by atoms with Crippen LogP contribution in [-0.2, 0) is 0 Å². The van der Waals surface area contributed by atoms with E-state index in [1.54, 1.807) is 0 Å². The van der Waals surface area contributed by atoms with E-state index in [9.17, 15) is 0 Å². The zero-order valence-electron chi connectivity index (χ0n) is 21.3. The summed E-state index contributed by atoms with van der Waals surface area (Å²) in [5.74, 6) is 0. The Labute approximate surface area is 227 Å². The lowest BCUT2D eigenvalue weighted by molar-refractivity contribution is 0.669. The molecule has 0 N–H and O–H groups in total. The normalized spacial score (nSPS) is 12.5. The first kappa shape index (κ1) is 20.5. The molecule has 4 heterocycles. The Morgan fingerprint density at radius 1 is 0.525 bits per heavy atom. The van der Waals surface area contributed by atoms with Crippen LogP contribution in [0.2, 0.25) is 0 Å². The number of rotatable bonds is 1. The molecular weight excluding hydrogens is 488 g/mol. The molecule has 0 fully saturated rings. The van der Waals surface area contributed by atoms with Crippen LogP contribution in [0.25, 0.3) is 93.0 Å². The summed E-state index contributed by atoms with van der Waals surface area (Å²) in [6.07, 6.45) is 0. The summed E-state index contributed by atoms with van der Waals surface area (Å²) in [6, 6.07) is 43.3. The number of para-hydroxylation sites is 2. The minimum atomic E-state index is 0.908. The SMILES string of the molecule is c1ccc2nc3c(cc2c1)c1cccc2c4c5c(ccc4n3c12)oc1ccc(-c2cccc3ccccc23)cc15. The highest BCUT2D eigenvalue weighted by Crippen LogP contribution is 2.45. The van der Waals surface area contributed by atoms with E-state index in [0.29, 0.717) is 0 Å². The summed E-state index contributed by atoms with van der Waals surface area (Å²) in [5.41, 5.74) is 8.65. The number of benzene rings is 6. The molecule has 0 aliphatic carbocycles. The zero-order chi connectivity index (χ0) is 25.9. The number of hydrogen-bond donors (Lipinski definition) is 0. The molecule has 0 saturated carbocycles. The van der Waals surface area contributed by atoms with E-state index < -0.39 is 0 Å². The van der Waals surface area contributed by atoms with Crippen molar-refractivity contribution >= 4 is 81.8 Å². The standard InChI is InChI=1S/C37H20N2O/c1-3-10-24-21(7-1)9-5-11-25(24)22-15-17-32-29(19-22)35-33(40-32)18-16-31-34(35)27-13-6-12-26-28-20-23-8-2-4-14-30(23)38-37(28)39(31)36(26)27/h1-20H. The summed E-state index contributed by atoms with van der Waals surface area (Å²) in [6.45, 7) is 0. The summed E-state index contributed by atoms with van der Waals surface area (Å²) in [7, 11) is 0. The van der Waals surface area contributed by atoms with E-state index >= 15 is 0 Å². The zero-order valence-corrected chi connectivity index (χ0v) is 21.3. The monoisotopic (exact) mass is 508 g/mol. The highest BCUT2D eigenvalue weighted by molar-refractivity contribution is 6.32. The number of fused-ring (bicyclic) bond motifs is 12. The van der Waals surface area contributed by atoms with Gasteiger partial charge in [-0.05, 0) is 58.3 Å². The second-order valence-electron chi connectivity index (χ2n) is 10.8. The molecule has 3 nitrogen and oxygen atoms in total. The van der Waals surface area contributed by atoms with Crippen LogP contribution in [0.15, 0.2) is 126 Å². The van der Waals surface area contributed by atoms with Crippen LogP contribution in [0.5, 0.6) is 0 Å². The van der Waals surface area contributed by atoms with Gasteiger partial charge in [0.15, 0.2) is 0 Å². The van der Waals surface area contributed by atoms with Gasteiger partial charge in [0, 0.05) is 37.7 Å². The van der Waals surface area contributed by atoms with E-state index in [2.05, 4.69) is 126 Å². The van der Waals surface area contributed by atoms with Crippen molar-refractivity contribution in [2.45, 2.75) is 0 Å². The Kier molecular flexibility index (Phi) is 3.68. The van der Waals surface area contributed by atoms with Crippen molar-refractivity contribution in [1.82, 2.24) is 9.38 Å². The van der Waals surface area contributed by atoms with Crippen molar-refractivity contribution in [2.75, 3.05) is 0 Å². The fourth-order valence-electron chi connectivity index (χ4n) is 6.98. The minimum Gasteiger partial charge on any atom is -0.456 e. The third kappa shape index (κ3) is 2.48. The van der Waals surface area contributed by atoms with Crippen molar-refractivity contribution in [3.8, 4) is 11.1 Å². The third-order valence-electron chi connectivity index (χ3n) is 8.69. The number of pyridine rings is 1. The topological polar surface area (TPSA) is 30.4 Å². The molecule has 0 saturated heterocycles. The van der Waals surface area contributed by atoms with Gasteiger partial charge in [-0.15, -0.1) is 0 Å². The Balaban J connectivity index is 1.37. The van der Waals surface area contributed by atoms with Gasteiger partial charge < -0.3 is 4.42 Å². The highest BCUT2D eigenvalue weighted by Gasteiger charge is 2.22. The van der Waals surface area contributed by atoms with Crippen molar-refractivity contribution in [2.24, 2.45) is 0 Å². The lowest BCUT2D eigenvalue weighted by Gasteiger charge is -2.07. The third-order valence-corrected chi connectivity index (χ3v) is 8.69. The van der Waals surface area contributed by atoms with Crippen LogP contribution < -0.4 is 0 Å². The van der Waals surface area contributed by atoms with Gasteiger partial charge in [0.05, 0.1) is 16.6 Å². The van der Waals surface area contributed by atoms with E-state index in [1.165, 1.54) is 54.3 Å². The molecule has 10 aromatic rings. The van der Waals surface area contributed by atoms with Crippen LogP contribution in [0.3, 0.4) is 0 Å². The minimum absolute atomic E-state index is 0.908. The van der Waals surface area contributed by atoms with E-state index in [0.717, 1.165) is 38.6 Å². The summed E-state index contributed by atoms with van der Waals surface area (Å²) < 4.78 is 8.80. The molecule has 0 atom stereocenters. The average Bonchev–Trinajstić information content (AvgIpc) is 3.65. The van der Waals surface area contributed by atoms with Crippen molar-refractivity contribution in [1.29, 1.82) is 0 Å². The molecule has 0 radical (unpaired) electrons. The fourth-order valence-corrected chi connectivity index (χ4v) is 6.98. The van der Waals surface area contributed by atoms with Gasteiger partial charge in [0.25, 0.3) is 0 Å². The van der Waals surface area contributed by atoms with Gasteiger partial charge in [0.2, 0.25) is 0 Å². The second-order valence-corrected chi connectivity index (χ2v) is 10.8. The molecule has 6 aromatic carbocycles. The Hall–Kier alpha value is -5.41. The molecule has 0 aliphatic heterocycles. The predicted octanol–water partition coefficient (Wildman–Crippen LogP) is 10.1. The number of hydrogen-bond acceptors (Lipinski definition) is 2. The second kappa shape index (κ2) is 7.16. The largest absolute Gasteiger partial charge is 0.456 e. The maximum absolute atomic E-state index is 6.45. The van der Waals surface area contributed by atoms with Gasteiger partial charge in [0.1, 0.15) is 16.8 Å². The molecule has 3 heteroatoms. The molecule has 0 amide bonds. The van der Waals surface area contributed by atoms with Gasteiger partial charge in [-0.25, -0.2) is 4.98 Å². The van der Waals surface area contributed by atoms with E-state index in [-0.39, 0.29) is 0 Å².